The first-order valence-electron chi connectivity index (χ1n) is 8.44. The third kappa shape index (κ3) is 2.53. The molecule has 4 rings (SSSR count). The zero-order chi connectivity index (χ0) is 16.8. The molecule has 5 nitrogen and oxygen atoms in total. The quantitative estimate of drug-likeness (QED) is 0.845. The Labute approximate surface area is 148 Å². The summed E-state index contributed by atoms with van der Waals surface area (Å²) >= 11 is 3.61. The van der Waals surface area contributed by atoms with Gasteiger partial charge in [-0.15, -0.1) is 0 Å². The standard InChI is InChI=1S/C18H20BrN3O2/c19-13-6-5-12(18(20)24)17-16(13)11-4-3-10(8-14(11)21-17)9-22-7-1-2-15(22)23/h5-6,10,21H,1-4,7-9H2,(H2,20,24). The van der Waals surface area contributed by atoms with Gasteiger partial charge in [0.15, 0.2) is 0 Å². The molecule has 1 fully saturated rings. The molecule has 1 aliphatic carbocycles. The van der Waals surface area contributed by atoms with Crippen LogP contribution in [0.25, 0.3) is 10.9 Å². The van der Waals surface area contributed by atoms with Crippen molar-refractivity contribution in [2.24, 2.45) is 11.7 Å². The number of rotatable bonds is 3. The Morgan fingerprint density at radius 2 is 2.21 bits per heavy atom. The summed E-state index contributed by atoms with van der Waals surface area (Å²) in [4.78, 5) is 29.0. The number of carbonyl (C=O) groups is 2. The van der Waals surface area contributed by atoms with Gasteiger partial charge in [0.1, 0.15) is 0 Å². The van der Waals surface area contributed by atoms with Crippen LogP contribution >= 0.6 is 15.9 Å². The van der Waals surface area contributed by atoms with E-state index in [4.69, 9.17) is 5.73 Å². The molecule has 1 saturated heterocycles. The van der Waals surface area contributed by atoms with Crippen LogP contribution in [-0.4, -0.2) is 34.8 Å². The zero-order valence-electron chi connectivity index (χ0n) is 13.4. The molecule has 1 aromatic carbocycles. The molecule has 3 N–H and O–H groups in total. The van der Waals surface area contributed by atoms with Gasteiger partial charge in [-0.25, -0.2) is 0 Å². The van der Waals surface area contributed by atoms with Crippen LogP contribution in [-0.2, 0) is 17.6 Å². The lowest BCUT2D eigenvalue weighted by Crippen LogP contribution is -2.33. The smallest absolute Gasteiger partial charge is 0.250 e. The van der Waals surface area contributed by atoms with Crippen LogP contribution in [0.1, 0.15) is 40.9 Å². The Bertz CT molecular complexity index is 842. The normalized spacial score (nSPS) is 20.6. The summed E-state index contributed by atoms with van der Waals surface area (Å²) in [5.41, 5.74) is 9.35. The predicted octanol–water partition coefficient (Wildman–Crippen LogP) is 2.76. The largest absolute Gasteiger partial charge is 0.366 e. The first kappa shape index (κ1) is 15.7. The van der Waals surface area contributed by atoms with Gasteiger partial charge in [-0.05, 0) is 49.3 Å². The van der Waals surface area contributed by atoms with Crippen molar-refractivity contribution in [3.8, 4) is 0 Å². The van der Waals surface area contributed by atoms with E-state index in [0.29, 0.717) is 17.9 Å². The lowest BCUT2D eigenvalue weighted by atomic mass is 9.86. The Balaban J connectivity index is 1.66. The molecule has 1 aromatic heterocycles. The maximum atomic E-state index is 11.9. The van der Waals surface area contributed by atoms with E-state index in [1.54, 1.807) is 6.07 Å². The van der Waals surface area contributed by atoms with Crippen LogP contribution in [0.3, 0.4) is 0 Å². The summed E-state index contributed by atoms with van der Waals surface area (Å²) in [5, 5.41) is 1.08. The van der Waals surface area contributed by atoms with Crippen LogP contribution in [0.4, 0.5) is 0 Å². The Morgan fingerprint density at radius 1 is 1.38 bits per heavy atom. The van der Waals surface area contributed by atoms with E-state index in [2.05, 4.69) is 20.9 Å². The van der Waals surface area contributed by atoms with Crippen molar-refractivity contribution in [2.45, 2.75) is 32.1 Å². The minimum atomic E-state index is -0.412. The highest BCUT2D eigenvalue weighted by atomic mass is 79.9. The molecule has 0 spiro atoms. The number of H-pyrrole nitrogens is 1. The maximum Gasteiger partial charge on any atom is 0.250 e. The number of fused-ring (bicyclic) bond motifs is 3. The number of hydrogen-bond acceptors (Lipinski definition) is 2. The number of nitrogens with one attached hydrogen (secondary N) is 1. The number of benzene rings is 1. The van der Waals surface area contributed by atoms with Gasteiger partial charge >= 0.3 is 0 Å². The van der Waals surface area contributed by atoms with Gasteiger partial charge < -0.3 is 15.6 Å². The van der Waals surface area contributed by atoms with E-state index in [1.807, 2.05) is 11.0 Å². The SMILES string of the molecule is NC(=O)c1ccc(Br)c2c3c([nH]c12)CC(CN1CCCC1=O)CC3. The Morgan fingerprint density at radius 3 is 2.92 bits per heavy atom. The van der Waals surface area contributed by atoms with Crippen molar-refractivity contribution < 1.29 is 9.59 Å². The van der Waals surface area contributed by atoms with E-state index in [9.17, 15) is 9.59 Å². The van der Waals surface area contributed by atoms with Crippen LogP contribution in [0.2, 0.25) is 0 Å². The summed E-state index contributed by atoms with van der Waals surface area (Å²) in [7, 11) is 0. The minimum Gasteiger partial charge on any atom is -0.366 e. The van der Waals surface area contributed by atoms with E-state index in [1.165, 1.54) is 11.3 Å². The molecule has 2 aliphatic rings. The summed E-state index contributed by atoms with van der Waals surface area (Å²) < 4.78 is 0.994. The third-order valence-corrected chi connectivity index (χ3v) is 5.97. The fourth-order valence-electron chi connectivity index (χ4n) is 4.14. The fourth-order valence-corrected chi connectivity index (χ4v) is 4.71. The van der Waals surface area contributed by atoms with Crippen molar-refractivity contribution in [1.82, 2.24) is 9.88 Å². The summed E-state index contributed by atoms with van der Waals surface area (Å²) in [6.45, 7) is 1.74. The number of hydrogen-bond donors (Lipinski definition) is 2. The lowest BCUT2D eigenvalue weighted by molar-refractivity contribution is -0.128. The Kier molecular flexibility index (Phi) is 3.87. The third-order valence-electron chi connectivity index (χ3n) is 5.31. The van der Waals surface area contributed by atoms with Crippen LogP contribution in [0, 0.1) is 5.92 Å². The van der Waals surface area contributed by atoms with Crippen molar-refractivity contribution in [1.29, 1.82) is 0 Å². The first-order chi connectivity index (χ1) is 11.5. The maximum absolute atomic E-state index is 11.9. The highest BCUT2D eigenvalue weighted by Gasteiger charge is 2.29. The average Bonchev–Trinajstić information content (AvgIpc) is 3.11. The molecule has 0 radical (unpaired) electrons. The van der Waals surface area contributed by atoms with Gasteiger partial charge in [-0.1, -0.05) is 15.9 Å². The second-order valence-electron chi connectivity index (χ2n) is 6.84. The number of amides is 2. The van der Waals surface area contributed by atoms with Gasteiger partial charge in [-0.2, -0.15) is 0 Å². The second kappa shape index (κ2) is 5.92. The number of carbonyl (C=O) groups excluding carboxylic acids is 2. The van der Waals surface area contributed by atoms with Crippen molar-refractivity contribution in [3.63, 3.8) is 0 Å². The molecule has 1 aliphatic heterocycles. The van der Waals surface area contributed by atoms with Gasteiger partial charge in [0.25, 0.3) is 5.91 Å². The van der Waals surface area contributed by atoms with Gasteiger partial charge in [0.2, 0.25) is 5.91 Å². The molecule has 2 amide bonds. The minimum absolute atomic E-state index is 0.288. The number of aromatic amines is 1. The average molecular weight is 390 g/mol. The number of primary amides is 1. The second-order valence-corrected chi connectivity index (χ2v) is 7.70. The van der Waals surface area contributed by atoms with Gasteiger partial charge in [0.05, 0.1) is 11.1 Å². The van der Waals surface area contributed by atoms with Gasteiger partial charge in [-0.3, -0.25) is 9.59 Å². The summed E-state index contributed by atoms with van der Waals surface area (Å²) in [6.07, 6.45) is 4.62. The van der Waals surface area contributed by atoms with Crippen LogP contribution in [0.15, 0.2) is 16.6 Å². The fraction of sp³-hybridized carbons (Fsp3) is 0.444. The molecule has 1 atom stereocenters. The van der Waals surface area contributed by atoms with Crippen molar-refractivity contribution >= 4 is 38.6 Å². The van der Waals surface area contributed by atoms with Crippen LogP contribution < -0.4 is 5.73 Å². The lowest BCUT2D eigenvalue weighted by Gasteiger charge is -2.27. The highest BCUT2D eigenvalue weighted by Crippen LogP contribution is 2.37. The van der Waals surface area contributed by atoms with Gasteiger partial charge in [0, 0.05) is 35.1 Å². The van der Waals surface area contributed by atoms with Crippen molar-refractivity contribution in [2.75, 3.05) is 13.1 Å². The topological polar surface area (TPSA) is 79.2 Å². The number of nitrogens with zero attached hydrogens (tertiary/aromatic N) is 1. The molecule has 24 heavy (non-hydrogen) atoms. The first-order valence-corrected chi connectivity index (χ1v) is 9.23. The molecular weight excluding hydrogens is 370 g/mol. The van der Waals surface area contributed by atoms with E-state index < -0.39 is 5.91 Å². The Hall–Kier alpha value is -1.82. The molecule has 6 heteroatoms. The number of aromatic nitrogens is 1. The highest BCUT2D eigenvalue weighted by molar-refractivity contribution is 9.10. The number of likely N-dealkylation sites (tertiary alicyclic amines) is 1. The number of halogens is 1. The van der Waals surface area contributed by atoms with E-state index >= 15 is 0 Å². The summed E-state index contributed by atoms with van der Waals surface area (Å²) in [5.74, 6) is 0.352. The van der Waals surface area contributed by atoms with Crippen molar-refractivity contribution in [3.05, 3.63) is 33.4 Å². The molecule has 0 saturated carbocycles. The molecule has 126 valence electrons. The monoisotopic (exact) mass is 389 g/mol. The summed E-state index contributed by atoms with van der Waals surface area (Å²) in [6, 6.07) is 3.66. The van der Waals surface area contributed by atoms with E-state index in [0.717, 1.165) is 54.1 Å². The number of nitrogens with two attached hydrogens (primary N) is 1. The molecule has 1 unspecified atom stereocenters. The van der Waals surface area contributed by atoms with Crippen LogP contribution in [0.5, 0.6) is 0 Å². The molecular formula is C18H20BrN3O2. The molecule has 2 heterocycles. The number of aryl methyl sites for hydroxylation is 1. The molecule has 0 bridgehead atoms. The molecule has 2 aromatic rings. The zero-order valence-corrected chi connectivity index (χ0v) is 15.0. The van der Waals surface area contributed by atoms with E-state index in [-0.39, 0.29) is 5.91 Å². The predicted molar refractivity (Wildman–Crippen MR) is 95.8 cm³/mol.